The SMILES string of the molecule is c1ccc(-c2ccc3c(-c4cc5c(ccc6ccccc65)o4)c4ccccc4c(-c4ccc5ccccc5c4)c3c2)cc1. The lowest BCUT2D eigenvalue weighted by atomic mass is 9.85. The van der Waals surface area contributed by atoms with E-state index >= 15 is 0 Å². The predicted octanol–water partition coefficient (Wildman–Crippen LogP) is 12.0. The molecule has 0 saturated heterocycles. The minimum absolute atomic E-state index is 0.894. The van der Waals surface area contributed by atoms with Crippen LogP contribution in [0.25, 0.3) is 87.6 Å². The van der Waals surface area contributed by atoms with E-state index in [-0.39, 0.29) is 0 Å². The summed E-state index contributed by atoms with van der Waals surface area (Å²) in [5.41, 5.74) is 6.91. The second-order valence-corrected chi connectivity index (χ2v) is 11.3. The summed E-state index contributed by atoms with van der Waals surface area (Å²) >= 11 is 0. The van der Waals surface area contributed by atoms with E-state index in [9.17, 15) is 0 Å². The van der Waals surface area contributed by atoms with Crippen molar-refractivity contribution in [1.82, 2.24) is 0 Å². The number of furan rings is 1. The highest BCUT2D eigenvalue weighted by Crippen LogP contribution is 2.46. The predicted molar refractivity (Wildman–Crippen MR) is 183 cm³/mol. The largest absolute Gasteiger partial charge is 0.456 e. The van der Waals surface area contributed by atoms with Crippen molar-refractivity contribution in [3.05, 3.63) is 158 Å². The van der Waals surface area contributed by atoms with Crippen LogP contribution in [-0.4, -0.2) is 0 Å². The van der Waals surface area contributed by atoms with Crippen molar-refractivity contribution in [2.45, 2.75) is 0 Å². The monoisotopic (exact) mass is 546 g/mol. The third-order valence-corrected chi connectivity index (χ3v) is 8.84. The van der Waals surface area contributed by atoms with Crippen LogP contribution in [0, 0.1) is 0 Å². The van der Waals surface area contributed by atoms with Gasteiger partial charge in [0.05, 0.1) is 0 Å². The van der Waals surface area contributed by atoms with Crippen molar-refractivity contribution < 1.29 is 4.42 Å². The summed E-state index contributed by atoms with van der Waals surface area (Å²) in [7, 11) is 0. The van der Waals surface area contributed by atoms with Crippen LogP contribution in [0.2, 0.25) is 0 Å². The molecular formula is C42H26O. The molecule has 1 heterocycles. The molecule has 0 spiro atoms. The molecule has 200 valence electrons. The van der Waals surface area contributed by atoms with E-state index in [2.05, 4.69) is 158 Å². The average Bonchev–Trinajstić information content (AvgIpc) is 3.51. The maximum Gasteiger partial charge on any atom is 0.136 e. The molecule has 9 aromatic rings. The smallest absolute Gasteiger partial charge is 0.136 e. The van der Waals surface area contributed by atoms with Gasteiger partial charge < -0.3 is 4.42 Å². The lowest BCUT2D eigenvalue weighted by Crippen LogP contribution is -1.91. The van der Waals surface area contributed by atoms with Gasteiger partial charge in [0, 0.05) is 10.9 Å². The Morgan fingerprint density at radius 1 is 0.302 bits per heavy atom. The molecule has 0 unspecified atom stereocenters. The van der Waals surface area contributed by atoms with Crippen molar-refractivity contribution in [2.24, 2.45) is 0 Å². The first kappa shape index (κ1) is 24.0. The molecule has 1 heteroatoms. The summed E-state index contributed by atoms with van der Waals surface area (Å²) in [4.78, 5) is 0. The van der Waals surface area contributed by atoms with Crippen molar-refractivity contribution in [1.29, 1.82) is 0 Å². The minimum atomic E-state index is 0.894. The highest BCUT2D eigenvalue weighted by Gasteiger charge is 2.20. The molecule has 9 rings (SSSR count). The maximum atomic E-state index is 6.70. The molecule has 0 saturated carbocycles. The quantitative estimate of drug-likeness (QED) is 0.201. The van der Waals surface area contributed by atoms with Crippen LogP contribution >= 0.6 is 0 Å². The van der Waals surface area contributed by atoms with Crippen molar-refractivity contribution in [2.75, 3.05) is 0 Å². The molecule has 0 atom stereocenters. The average molecular weight is 547 g/mol. The second kappa shape index (κ2) is 9.44. The Morgan fingerprint density at radius 3 is 1.77 bits per heavy atom. The third kappa shape index (κ3) is 3.79. The van der Waals surface area contributed by atoms with Crippen LogP contribution in [0.15, 0.2) is 162 Å². The summed E-state index contributed by atoms with van der Waals surface area (Å²) in [5, 5.41) is 10.9. The molecule has 0 radical (unpaired) electrons. The summed E-state index contributed by atoms with van der Waals surface area (Å²) in [5.74, 6) is 0.894. The molecule has 0 N–H and O–H groups in total. The van der Waals surface area contributed by atoms with Gasteiger partial charge in [0.2, 0.25) is 0 Å². The van der Waals surface area contributed by atoms with Gasteiger partial charge in [-0.1, -0.05) is 133 Å². The lowest BCUT2D eigenvalue weighted by molar-refractivity contribution is 0.633. The summed E-state index contributed by atoms with van der Waals surface area (Å²) < 4.78 is 6.70. The summed E-state index contributed by atoms with van der Waals surface area (Å²) in [6.45, 7) is 0. The van der Waals surface area contributed by atoms with Gasteiger partial charge in [-0.3, -0.25) is 0 Å². The Balaban J connectivity index is 1.41. The third-order valence-electron chi connectivity index (χ3n) is 8.84. The molecule has 0 aliphatic rings. The van der Waals surface area contributed by atoms with E-state index in [1.165, 1.54) is 65.3 Å². The zero-order valence-corrected chi connectivity index (χ0v) is 23.4. The Labute approximate surface area is 249 Å². The first-order chi connectivity index (χ1) is 21.3. The van der Waals surface area contributed by atoms with Crippen LogP contribution < -0.4 is 0 Å². The van der Waals surface area contributed by atoms with Gasteiger partial charge in [-0.05, 0) is 89.6 Å². The molecule has 0 aliphatic carbocycles. The van der Waals surface area contributed by atoms with E-state index in [1.54, 1.807) is 0 Å². The molecule has 1 nitrogen and oxygen atoms in total. The molecule has 0 fully saturated rings. The molecule has 0 amide bonds. The first-order valence-corrected chi connectivity index (χ1v) is 14.8. The number of hydrogen-bond donors (Lipinski definition) is 0. The zero-order chi connectivity index (χ0) is 28.3. The van der Waals surface area contributed by atoms with Crippen LogP contribution in [0.4, 0.5) is 0 Å². The fourth-order valence-electron chi connectivity index (χ4n) is 6.83. The molecule has 43 heavy (non-hydrogen) atoms. The Morgan fingerprint density at radius 2 is 0.930 bits per heavy atom. The van der Waals surface area contributed by atoms with E-state index < -0.39 is 0 Å². The van der Waals surface area contributed by atoms with Gasteiger partial charge in [-0.25, -0.2) is 0 Å². The molecule has 0 aliphatic heterocycles. The van der Waals surface area contributed by atoms with Crippen molar-refractivity contribution in [3.63, 3.8) is 0 Å². The zero-order valence-electron chi connectivity index (χ0n) is 23.4. The van der Waals surface area contributed by atoms with Gasteiger partial charge in [-0.2, -0.15) is 0 Å². The van der Waals surface area contributed by atoms with E-state index in [0.717, 1.165) is 22.3 Å². The Hall–Kier alpha value is -5.66. The van der Waals surface area contributed by atoms with Crippen molar-refractivity contribution >= 4 is 54.1 Å². The molecular weight excluding hydrogens is 520 g/mol. The van der Waals surface area contributed by atoms with Crippen LogP contribution in [-0.2, 0) is 0 Å². The Kier molecular flexibility index (Phi) is 5.27. The summed E-state index contributed by atoms with van der Waals surface area (Å²) in [6.07, 6.45) is 0. The van der Waals surface area contributed by atoms with Gasteiger partial charge in [0.1, 0.15) is 11.3 Å². The molecule has 1 aromatic heterocycles. The lowest BCUT2D eigenvalue weighted by Gasteiger charge is -2.18. The van der Waals surface area contributed by atoms with Crippen LogP contribution in [0.1, 0.15) is 0 Å². The minimum Gasteiger partial charge on any atom is -0.456 e. The number of benzene rings is 8. The fourth-order valence-corrected chi connectivity index (χ4v) is 6.83. The number of fused-ring (bicyclic) bond motifs is 6. The normalized spacial score (nSPS) is 11.7. The number of rotatable bonds is 3. The van der Waals surface area contributed by atoms with Crippen LogP contribution in [0.3, 0.4) is 0 Å². The fraction of sp³-hybridized carbons (Fsp3) is 0. The van der Waals surface area contributed by atoms with Gasteiger partial charge in [0.25, 0.3) is 0 Å². The van der Waals surface area contributed by atoms with E-state index in [1.807, 2.05) is 0 Å². The van der Waals surface area contributed by atoms with E-state index in [0.29, 0.717) is 0 Å². The van der Waals surface area contributed by atoms with Crippen LogP contribution in [0.5, 0.6) is 0 Å². The highest BCUT2D eigenvalue weighted by atomic mass is 16.3. The maximum absolute atomic E-state index is 6.70. The summed E-state index contributed by atoms with van der Waals surface area (Å²) in [6, 6.07) is 56.8. The highest BCUT2D eigenvalue weighted by molar-refractivity contribution is 6.22. The topological polar surface area (TPSA) is 13.1 Å². The number of hydrogen-bond acceptors (Lipinski definition) is 1. The van der Waals surface area contributed by atoms with E-state index in [4.69, 9.17) is 4.42 Å². The van der Waals surface area contributed by atoms with Gasteiger partial charge in [0.15, 0.2) is 0 Å². The molecule has 0 bridgehead atoms. The van der Waals surface area contributed by atoms with Gasteiger partial charge >= 0.3 is 0 Å². The van der Waals surface area contributed by atoms with Crippen molar-refractivity contribution in [3.8, 4) is 33.6 Å². The van der Waals surface area contributed by atoms with Gasteiger partial charge in [-0.15, -0.1) is 0 Å². The second-order valence-electron chi connectivity index (χ2n) is 11.3. The Bertz CT molecular complexity index is 2500. The first-order valence-electron chi connectivity index (χ1n) is 14.8. The standard InChI is InChI=1S/C42H26O/c1-2-10-27(11-3-1)31-20-22-36-38(25-31)41(32-19-18-28-12-4-5-14-30(28)24-32)34-16-8-9-17-35(34)42(36)40-26-37-33-15-7-6-13-29(33)21-23-39(37)43-40/h1-26H. The molecule has 8 aromatic carbocycles.